The largest absolute Gasteiger partial charge is 0.382 e. The van der Waals surface area contributed by atoms with Crippen LogP contribution in [0.5, 0.6) is 0 Å². The maximum atomic E-state index is 11.7. The Kier molecular flexibility index (Phi) is 4.66. The lowest BCUT2D eigenvalue weighted by Crippen LogP contribution is -2.39. The smallest absolute Gasteiger partial charge is 0.175 e. The van der Waals surface area contributed by atoms with E-state index in [1.807, 2.05) is 12.1 Å². The van der Waals surface area contributed by atoms with Crippen molar-refractivity contribution in [3.8, 4) is 0 Å². The molecule has 4 heteroatoms. The van der Waals surface area contributed by atoms with Gasteiger partial charge in [-0.15, -0.1) is 0 Å². The van der Waals surface area contributed by atoms with Gasteiger partial charge in [-0.05, 0) is 42.4 Å². The molecular formula is C17H27NO2S. The van der Waals surface area contributed by atoms with Crippen molar-refractivity contribution in [2.45, 2.75) is 57.4 Å². The average Bonchev–Trinajstić information content (AvgIpc) is 2.37. The minimum absolute atomic E-state index is 0.270. The summed E-state index contributed by atoms with van der Waals surface area (Å²) in [5.74, 6) is 0.619. The molecule has 0 aromatic heterocycles. The third-order valence-electron chi connectivity index (χ3n) is 4.49. The lowest BCUT2D eigenvalue weighted by atomic mass is 9.69. The summed E-state index contributed by atoms with van der Waals surface area (Å²) in [6, 6.07) is 7.61. The molecule has 118 valence electrons. The Labute approximate surface area is 129 Å². The van der Waals surface area contributed by atoms with Crippen LogP contribution in [0.2, 0.25) is 0 Å². The molecule has 2 atom stereocenters. The molecule has 0 spiro atoms. The highest BCUT2D eigenvalue weighted by molar-refractivity contribution is 7.90. The average molecular weight is 309 g/mol. The van der Waals surface area contributed by atoms with E-state index in [0.717, 1.165) is 12.1 Å². The standard InChI is InChI=1S/C17H27NO2S/c1-17(2,3)15-10-5-6-11-16(15)18-13-8-7-9-14(12-13)21(4,19)20/h7-9,12,15-16,18H,5-6,10-11H2,1-4H3. The molecule has 1 aliphatic rings. The molecule has 1 aromatic carbocycles. The summed E-state index contributed by atoms with van der Waals surface area (Å²) in [4.78, 5) is 0.385. The zero-order valence-electron chi connectivity index (χ0n) is 13.5. The summed E-state index contributed by atoms with van der Waals surface area (Å²) in [5.41, 5.74) is 1.19. The highest BCUT2D eigenvalue weighted by Crippen LogP contribution is 2.39. The fourth-order valence-corrected chi connectivity index (χ4v) is 4.04. The second-order valence-corrected chi connectivity index (χ2v) is 9.32. The van der Waals surface area contributed by atoms with Crippen LogP contribution in [0.1, 0.15) is 46.5 Å². The second kappa shape index (κ2) is 5.99. The summed E-state index contributed by atoms with van der Waals surface area (Å²) >= 11 is 0. The van der Waals surface area contributed by atoms with E-state index in [4.69, 9.17) is 0 Å². The van der Waals surface area contributed by atoms with Crippen LogP contribution < -0.4 is 5.32 Å². The van der Waals surface area contributed by atoms with Gasteiger partial charge in [-0.1, -0.05) is 39.7 Å². The van der Waals surface area contributed by atoms with Crippen molar-refractivity contribution < 1.29 is 8.42 Å². The molecule has 2 unspecified atom stereocenters. The lowest BCUT2D eigenvalue weighted by molar-refractivity contribution is 0.163. The molecule has 21 heavy (non-hydrogen) atoms. The number of sulfone groups is 1. The molecule has 1 aromatic rings. The lowest BCUT2D eigenvalue weighted by Gasteiger charge is -2.41. The minimum atomic E-state index is -3.15. The monoisotopic (exact) mass is 309 g/mol. The normalized spacial score (nSPS) is 23.8. The van der Waals surface area contributed by atoms with E-state index in [0.29, 0.717) is 16.9 Å². The molecule has 0 radical (unpaired) electrons. The number of nitrogens with one attached hydrogen (secondary N) is 1. The van der Waals surface area contributed by atoms with Gasteiger partial charge in [0.15, 0.2) is 9.84 Å². The number of benzene rings is 1. The fourth-order valence-electron chi connectivity index (χ4n) is 3.37. The summed E-state index contributed by atoms with van der Waals surface area (Å²) in [5, 5.41) is 3.59. The molecule has 1 aliphatic carbocycles. The molecule has 0 aliphatic heterocycles. The predicted molar refractivity (Wildman–Crippen MR) is 88.4 cm³/mol. The van der Waals surface area contributed by atoms with Gasteiger partial charge in [0.1, 0.15) is 0 Å². The maximum absolute atomic E-state index is 11.7. The van der Waals surface area contributed by atoms with Crippen LogP contribution in [-0.2, 0) is 9.84 Å². The van der Waals surface area contributed by atoms with Crippen LogP contribution in [0.4, 0.5) is 5.69 Å². The molecule has 2 rings (SSSR count). The van der Waals surface area contributed by atoms with Gasteiger partial charge in [0.05, 0.1) is 4.90 Å². The Morgan fingerprint density at radius 1 is 1.14 bits per heavy atom. The predicted octanol–water partition coefficient (Wildman–Crippen LogP) is 4.11. The molecule has 3 nitrogen and oxygen atoms in total. The van der Waals surface area contributed by atoms with Gasteiger partial charge in [0.25, 0.3) is 0 Å². The number of anilines is 1. The Bertz CT molecular complexity index is 587. The van der Waals surface area contributed by atoms with Crippen LogP contribution >= 0.6 is 0 Å². The number of rotatable bonds is 3. The summed E-state index contributed by atoms with van der Waals surface area (Å²) in [7, 11) is -3.15. The molecule has 1 fully saturated rings. The van der Waals surface area contributed by atoms with E-state index < -0.39 is 9.84 Å². The first-order valence-electron chi connectivity index (χ1n) is 7.74. The number of hydrogen-bond donors (Lipinski definition) is 1. The van der Waals surface area contributed by atoms with E-state index in [1.54, 1.807) is 12.1 Å². The highest BCUT2D eigenvalue weighted by atomic mass is 32.2. The van der Waals surface area contributed by atoms with Crippen LogP contribution in [0.3, 0.4) is 0 Å². The van der Waals surface area contributed by atoms with E-state index >= 15 is 0 Å². The molecule has 0 saturated heterocycles. The first-order valence-corrected chi connectivity index (χ1v) is 9.64. The van der Waals surface area contributed by atoms with Crippen LogP contribution in [0.25, 0.3) is 0 Å². The van der Waals surface area contributed by atoms with Gasteiger partial charge < -0.3 is 5.32 Å². The second-order valence-electron chi connectivity index (χ2n) is 7.31. The van der Waals surface area contributed by atoms with Gasteiger partial charge in [0, 0.05) is 18.0 Å². The van der Waals surface area contributed by atoms with E-state index in [-0.39, 0.29) is 5.41 Å². The van der Waals surface area contributed by atoms with Gasteiger partial charge in [0.2, 0.25) is 0 Å². The van der Waals surface area contributed by atoms with Crippen molar-refractivity contribution in [2.75, 3.05) is 11.6 Å². The molecule has 1 saturated carbocycles. The van der Waals surface area contributed by atoms with Crippen molar-refractivity contribution in [1.82, 2.24) is 0 Å². The van der Waals surface area contributed by atoms with Gasteiger partial charge in [-0.2, -0.15) is 0 Å². The molecule has 1 N–H and O–H groups in total. The van der Waals surface area contributed by atoms with Gasteiger partial charge in [-0.3, -0.25) is 0 Å². The topological polar surface area (TPSA) is 46.2 Å². The Morgan fingerprint density at radius 2 is 1.81 bits per heavy atom. The Hall–Kier alpha value is -1.03. The zero-order chi connectivity index (χ0) is 15.7. The van der Waals surface area contributed by atoms with E-state index in [2.05, 4.69) is 26.1 Å². The Balaban J connectivity index is 2.20. The first kappa shape index (κ1) is 16.3. The van der Waals surface area contributed by atoms with Crippen LogP contribution in [0.15, 0.2) is 29.2 Å². The third-order valence-corrected chi connectivity index (χ3v) is 5.60. The molecule has 0 heterocycles. The maximum Gasteiger partial charge on any atom is 0.175 e. The van der Waals surface area contributed by atoms with Crippen molar-refractivity contribution in [1.29, 1.82) is 0 Å². The molecule has 0 bridgehead atoms. The first-order chi connectivity index (χ1) is 9.68. The van der Waals surface area contributed by atoms with Crippen LogP contribution in [-0.4, -0.2) is 20.7 Å². The summed E-state index contributed by atoms with van der Waals surface area (Å²) in [6.07, 6.45) is 6.20. The fraction of sp³-hybridized carbons (Fsp3) is 0.647. The van der Waals surface area contributed by atoms with Crippen LogP contribution in [0, 0.1) is 11.3 Å². The summed E-state index contributed by atoms with van der Waals surface area (Å²) < 4.78 is 23.3. The van der Waals surface area contributed by atoms with Crippen molar-refractivity contribution in [3.05, 3.63) is 24.3 Å². The summed E-state index contributed by atoms with van der Waals surface area (Å²) in [6.45, 7) is 6.89. The van der Waals surface area contributed by atoms with Crippen molar-refractivity contribution in [2.24, 2.45) is 11.3 Å². The zero-order valence-corrected chi connectivity index (χ0v) is 14.3. The minimum Gasteiger partial charge on any atom is -0.382 e. The third kappa shape index (κ3) is 4.22. The quantitative estimate of drug-likeness (QED) is 0.914. The number of hydrogen-bond acceptors (Lipinski definition) is 3. The van der Waals surface area contributed by atoms with Gasteiger partial charge >= 0.3 is 0 Å². The highest BCUT2D eigenvalue weighted by Gasteiger charge is 2.34. The Morgan fingerprint density at radius 3 is 2.43 bits per heavy atom. The van der Waals surface area contributed by atoms with Crippen molar-refractivity contribution in [3.63, 3.8) is 0 Å². The molecular weight excluding hydrogens is 282 g/mol. The van der Waals surface area contributed by atoms with E-state index in [9.17, 15) is 8.42 Å². The van der Waals surface area contributed by atoms with Gasteiger partial charge in [-0.25, -0.2) is 8.42 Å². The molecule has 0 amide bonds. The van der Waals surface area contributed by atoms with Crippen molar-refractivity contribution >= 4 is 15.5 Å². The van der Waals surface area contributed by atoms with E-state index in [1.165, 1.54) is 25.5 Å². The SMILES string of the molecule is CC(C)(C)C1CCCCC1Nc1cccc(S(C)(=O)=O)c1.